The van der Waals surface area contributed by atoms with E-state index in [9.17, 15) is 4.79 Å². The zero-order valence-electron chi connectivity index (χ0n) is 15.1. The zero-order chi connectivity index (χ0) is 18.7. The number of allylic oxidation sites excluding steroid dienone is 2. The van der Waals surface area contributed by atoms with E-state index in [2.05, 4.69) is 39.6 Å². The molecule has 134 valence electrons. The summed E-state index contributed by atoms with van der Waals surface area (Å²) in [5, 5.41) is 6.99. The Kier molecular flexibility index (Phi) is 8.81. The van der Waals surface area contributed by atoms with E-state index in [1.807, 2.05) is 19.1 Å². The minimum atomic E-state index is -0.107. The van der Waals surface area contributed by atoms with E-state index < -0.39 is 0 Å². The Balaban J connectivity index is 0.00000151. The number of amides is 1. The van der Waals surface area contributed by atoms with Crippen LogP contribution in [0.25, 0.3) is 5.69 Å². The first-order valence-corrected chi connectivity index (χ1v) is 8.16. The molecule has 7 nitrogen and oxygen atoms in total. The van der Waals surface area contributed by atoms with Crippen molar-refractivity contribution in [1.82, 2.24) is 19.7 Å². The second-order valence-corrected chi connectivity index (χ2v) is 5.13. The predicted molar refractivity (Wildman–Crippen MR) is 100 cm³/mol. The normalized spacial score (nSPS) is 10.6. The van der Waals surface area contributed by atoms with Gasteiger partial charge in [0.15, 0.2) is 0 Å². The summed E-state index contributed by atoms with van der Waals surface area (Å²) in [5.74, 6) is 1.09. The summed E-state index contributed by atoms with van der Waals surface area (Å²) in [6.07, 6.45) is 9.32. The number of nitrogens with two attached hydrogens (primary N) is 1. The highest BCUT2D eigenvalue weighted by atomic mass is 16.1. The largest absolute Gasteiger partial charge is 0.333 e. The fourth-order valence-electron chi connectivity index (χ4n) is 2.00. The average Bonchev–Trinajstić information content (AvgIpc) is 3.07. The van der Waals surface area contributed by atoms with Crippen LogP contribution in [0.4, 0.5) is 5.82 Å². The Hall–Kier alpha value is -2.80. The van der Waals surface area contributed by atoms with Gasteiger partial charge in [0.1, 0.15) is 18.0 Å². The molecule has 1 amide bonds. The topological polar surface area (TPSA) is 98.7 Å². The van der Waals surface area contributed by atoms with Gasteiger partial charge < -0.3 is 11.1 Å². The molecule has 0 aliphatic heterocycles. The molecule has 0 aromatic carbocycles. The van der Waals surface area contributed by atoms with Gasteiger partial charge in [-0.05, 0) is 38.1 Å². The van der Waals surface area contributed by atoms with E-state index >= 15 is 0 Å². The number of nitrogens with one attached hydrogen (secondary N) is 1. The highest BCUT2D eigenvalue weighted by Crippen LogP contribution is 2.11. The Labute approximate surface area is 148 Å². The van der Waals surface area contributed by atoms with Crippen LogP contribution in [0.1, 0.15) is 32.0 Å². The standard InChI is InChI=1S/C17H21N5O.CH5N/c1-4-6-7-14(5-2)10-17(23)20-16-9-8-15(11-18-16)22-12-19-13(3)21-22;1-2/h5,7-9,11-12H,2,4,6,10H2,1,3H3,(H,18,20,23);2H2,1H3/b14-7+;. The third kappa shape index (κ3) is 6.68. The lowest BCUT2D eigenvalue weighted by atomic mass is 10.1. The first-order chi connectivity index (χ1) is 12.1. The van der Waals surface area contributed by atoms with E-state index in [1.165, 1.54) is 7.05 Å². The number of hydrogen-bond donors (Lipinski definition) is 2. The summed E-state index contributed by atoms with van der Waals surface area (Å²) in [5.41, 5.74) is 6.22. The maximum Gasteiger partial charge on any atom is 0.229 e. The van der Waals surface area contributed by atoms with Gasteiger partial charge in [-0.3, -0.25) is 4.79 Å². The molecule has 0 atom stereocenters. The molecule has 25 heavy (non-hydrogen) atoms. The van der Waals surface area contributed by atoms with Crippen LogP contribution in [0.5, 0.6) is 0 Å². The molecule has 7 heteroatoms. The van der Waals surface area contributed by atoms with Crippen LogP contribution < -0.4 is 11.1 Å². The molecule has 0 bridgehead atoms. The van der Waals surface area contributed by atoms with Crippen LogP contribution in [0, 0.1) is 6.92 Å². The minimum Gasteiger partial charge on any atom is -0.333 e. The van der Waals surface area contributed by atoms with Gasteiger partial charge in [0, 0.05) is 0 Å². The van der Waals surface area contributed by atoms with Gasteiger partial charge in [0.05, 0.1) is 18.3 Å². The summed E-state index contributed by atoms with van der Waals surface area (Å²) < 4.78 is 1.64. The second kappa shape index (κ2) is 10.9. The Morgan fingerprint density at radius 3 is 2.64 bits per heavy atom. The monoisotopic (exact) mass is 342 g/mol. The van der Waals surface area contributed by atoms with E-state index in [0.717, 1.165) is 24.1 Å². The first-order valence-electron chi connectivity index (χ1n) is 8.16. The van der Waals surface area contributed by atoms with E-state index in [1.54, 1.807) is 29.3 Å². The number of rotatable bonds is 7. The number of aryl methyl sites for hydroxylation is 1. The summed E-state index contributed by atoms with van der Waals surface area (Å²) in [6.45, 7) is 7.66. The van der Waals surface area contributed by atoms with Crippen molar-refractivity contribution in [3.63, 3.8) is 0 Å². The fraction of sp³-hybridized carbons (Fsp3) is 0.333. The molecule has 2 aromatic heterocycles. The molecular weight excluding hydrogens is 316 g/mol. The van der Waals surface area contributed by atoms with E-state index in [4.69, 9.17) is 0 Å². The van der Waals surface area contributed by atoms with Crippen LogP contribution in [-0.2, 0) is 4.79 Å². The molecule has 3 N–H and O–H groups in total. The van der Waals surface area contributed by atoms with E-state index in [-0.39, 0.29) is 5.91 Å². The van der Waals surface area contributed by atoms with Gasteiger partial charge in [-0.15, -0.1) is 0 Å². The Morgan fingerprint density at radius 1 is 1.36 bits per heavy atom. The molecule has 0 saturated carbocycles. The predicted octanol–water partition coefficient (Wildman–Crippen LogP) is 2.79. The van der Waals surface area contributed by atoms with Gasteiger partial charge in [0.2, 0.25) is 5.91 Å². The fourth-order valence-corrected chi connectivity index (χ4v) is 2.00. The maximum absolute atomic E-state index is 12.0. The summed E-state index contributed by atoms with van der Waals surface area (Å²) >= 11 is 0. The maximum atomic E-state index is 12.0. The third-order valence-electron chi connectivity index (χ3n) is 3.21. The number of unbranched alkanes of at least 4 members (excludes halogenated alkanes) is 1. The smallest absolute Gasteiger partial charge is 0.229 e. The van der Waals surface area contributed by atoms with Crippen molar-refractivity contribution >= 4 is 11.7 Å². The van der Waals surface area contributed by atoms with Crippen LogP contribution in [-0.4, -0.2) is 32.7 Å². The molecule has 0 spiro atoms. The molecule has 0 aliphatic carbocycles. The molecule has 2 rings (SSSR count). The van der Waals surface area contributed by atoms with Crippen LogP contribution in [0.2, 0.25) is 0 Å². The third-order valence-corrected chi connectivity index (χ3v) is 3.21. The lowest BCUT2D eigenvalue weighted by Crippen LogP contribution is -2.13. The number of anilines is 1. The zero-order valence-corrected chi connectivity index (χ0v) is 15.1. The van der Waals surface area contributed by atoms with Crippen molar-refractivity contribution in [3.8, 4) is 5.69 Å². The number of carbonyl (C=O) groups excluding carboxylic acids is 1. The quantitative estimate of drug-likeness (QED) is 0.754. The number of hydrogen-bond acceptors (Lipinski definition) is 5. The number of nitrogens with zero attached hydrogens (tertiary/aromatic N) is 4. The molecular formula is C18H26N6O. The SMILES string of the molecule is C=C/C(=C\CCC)CC(=O)Nc1ccc(-n2cnc(C)n2)cn1.CN. The molecule has 0 unspecified atom stereocenters. The van der Waals surface area contributed by atoms with Gasteiger partial charge in [-0.2, -0.15) is 5.10 Å². The van der Waals surface area contributed by atoms with Gasteiger partial charge >= 0.3 is 0 Å². The lowest BCUT2D eigenvalue weighted by Gasteiger charge is -2.06. The van der Waals surface area contributed by atoms with Crippen molar-refractivity contribution in [3.05, 3.63) is 54.8 Å². The summed E-state index contributed by atoms with van der Waals surface area (Å²) in [6, 6.07) is 3.58. The van der Waals surface area contributed by atoms with Crippen molar-refractivity contribution < 1.29 is 4.79 Å². The molecule has 0 saturated heterocycles. The number of pyridine rings is 1. The first kappa shape index (κ1) is 20.2. The highest BCUT2D eigenvalue weighted by Gasteiger charge is 2.06. The Bertz CT molecular complexity index is 703. The van der Waals surface area contributed by atoms with E-state index in [0.29, 0.717) is 18.1 Å². The van der Waals surface area contributed by atoms with Crippen LogP contribution >= 0.6 is 0 Å². The van der Waals surface area contributed by atoms with Crippen molar-refractivity contribution in [1.29, 1.82) is 0 Å². The second-order valence-electron chi connectivity index (χ2n) is 5.13. The minimum absolute atomic E-state index is 0.107. The average molecular weight is 342 g/mol. The summed E-state index contributed by atoms with van der Waals surface area (Å²) in [4.78, 5) is 20.3. The molecule has 2 heterocycles. The van der Waals surface area contributed by atoms with Crippen LogP contribution in [0.3, 0.4) is 0 Å². The van der Waals surface area contributed by atoms with Crippen molar-refractivity contribution in [2.75, 3.05) is 12.4 Å². The van der Waals surface area contributed by atoms with Crippen LogP contribution in [0.15, 0.2) is 49.0 Å². The molecule has 0 fully saturated rings. The molecule has 0 aliphatic rings. The van der Waals surface area contributed by atoms with Crippen molar-refractivity contribution in [2.45, 2.75) is 33.1 Å². The Morgan fingerprint density at radius 2 is 2.12 bits per heavy atom. The lowest BCUT2D eigenvalue weighted by molar-refractivity contribution is -0.115. The number of carbonyl (C=O) groups is 1. The molecule has 0 radical (unpaired) electrons. The summed E-state index contributed by atoms with van der Waals surface area (Å²) in [7, 11) is 1.50. The van der Waals surface area contributed by atoms with Crippen molar-refractivity contribution in [2.24, 2.45) is 5.73 Å². The van der Waals surface area contributed by atoms with Gasteiger partial charge in [-0.25, -0.2) is 14.6 Å². The van der Waals surface area contributed by atoms with Gasteiger partial charge in [0.25, 0.3) is 0 Å². The van der Waals surface area contributed by atoms with Gasteiger partial charge in [-0.1, -0.05) is 32.1 Å². The highest BCUT2D eigenvalue weighted by molar-refractivity contribution is 5.91. The molecule has 2 aromatic rings. The number of aromatic nitrogens is 4.